The fraction of sp³-hybridized carbons (Fsp3) is 0.136. The minimum absolute atomic E-state index is 0.00978. The van der Waals surface area contributed by atoms with E-state index in [2.05, 4.69) is 9.97 Å². The van der Waals surface area contributed by atoms with E-state index in [1.807, 2.05) is 19.1 Å². The number of imidazole rings is 1. The van der Waals surface area contributed by atoms with Gasteiger partial charge in [-0.3, -0.25) is 10.1 Å². The largest absolute Gasteiger partial charge is 0.489 e. The molecule has 1 heterocycles. The summed E-state index contributed by atoms with van der Waals surface area (Å²) in [4.78, 5) is 18.2. The van der Waals surface area contributed by atoms with E-state index in [-0.39, 0.29) is 23.8 Å². The van der Waals surface area contributed by atoms with Crippen LogP contribution in [-0.2, 0) is 6.61 Å². The van der Waals surface area contributed by atoms with Gasteiger partial charge in [-0.25, -0.2) is 13.8 Å². The van der Waals surface area contributed by atoms with Crippen molar-refractivity contribution >= 4 is 16.7 Å². The molecule has 6 nitrogen and oxygen atoms in total. The Morgan fingerprint density at radius 3 is 2.60 bits per heavy atom. The Labute approximate surface area is 170 Å². The molecule has 0 radical (unpaired) electrons. The van der Waals surface area contributed by atoms with Crippen LogP contribution in [-0.4, -0.2) is 14.9 Å². The molecule has 0 spiro atoms. The molecule has 0 fully saturated rings. The van der Waals surface area contributed by atoms with Gasteiger partial charge in [0, 0.05) is 23.6 Å². The number of nitrogens with zero attached hydrogens (tertiary/aromatic N) is 2. The fourth-order valence-electron chi connectivity index (χ4n) is 3.16. The Kier molecular flexibility index (Phi) is 5.14. The standard InChI is InChI=1S/C22H17F2N3O3/c1-13(22-25-20-9-5-17(27(28)29)11-21(20)26-22)14-2-6-18(7-3-14)30-12-15-10-16(23)4-8-19(15)24/h2-11,13H,12H2,1H3,(H,25,26). The minimum atomic E-state index is -0.522. The maximum Gasteiger partial charge on any atom is 0.271 e. The van der Waals surface area contributed by atoms with Gasteiger partial charge in [0.1, 0.15) is 29.8 Å². The molecule has 152 valence electrons. The number of benzene rings is 3. The maximum absolute atomic E-state index is 13.7. The number of nitrogens with one attached hydrogen (secondary N) is 1. The molecule has 0 saturated heterocycles. The van der Waals surface area contributed by atoms with Gasteiger partial charge in [-0.05, 0) is 42.0 Å². The van der Waals surface area contributed by atoms with Gasteiger partial charge in [0.2, 0.25) is 0 Å². The zero-order chi connectivity index (χ0) is 21.3. The Balaban J connectivity index is 1.48. The van der Waals surface area contributed by atoms with Gasteiger partial charge >= 0.3 is 0 Å². The molecule has 4 rings (SSSR count). The third-order valence-corrected chi connectivity index (χ3v) is 4.89. The third-order valence-electron chi connectivity index (χ3n) is 4.89. The summed E-state index contributed by atoms with van der Waals surface area (Å²) in [5.74, 6) is 0.0733. The molecule has 1 aromatic heterocycles. The van der Waals surface area contributed by atoms with Crippen molar-refractivity contribution in [3.63, 3.8) is 0 Å². The second-order valence-corrected chi connectivity index (χ2v) is 6.90. The number of hydrogen-bond acceptors (Lipinski definition) is 4. The van der Waals surface area contributed by atoms with Crippen molar-refractivity contribution in [2.24, 2.45) is 0 Å². The number of halogens is 2. The Bertz CT molecular complexity index is 1220. The topological polar surface area (TPSA) is 81.1 Å². The molecular weight excluding hydrogens is 392 g/mol. The molecule has 8 heteroatoms. The molecule has 0 aliphatic rings. The highest BCUT2D eigenvalue weighted by Crippen LogP contribution is 2.27. The lowest BCUT2D eigenvalue weighted by Crippen LogP contribution is -2.01. The summed E-state index contributed by atoms with van der Waals surface area (Å²) in [7, 11) is 0. The first-order valence-corrected chi connectivity index (χ1v) is 9.21. The number of hydrogen-bond donors (Lipinski definition) is 1. The van der Waals surface area contributed by atoms with Crippen molar-refractivity contribution in [1.29, 1.82) is 0 Å². The number of rotatable bonds is 6. The van der Waals surface area contributed by atoms with Crippen molar-refractivity contribution in [2.75, 3.05) is 0 Å². The number of aromatic amines is 1. The summed E-state index contributed by atoms with van der Waals surface area (Å²) in [5.41, 5.74) is 2.34. The van der Waals surface area contributed by atoms with Crippen LogP contribution in [0.4, 0.5) is 14.5 Å². The van der Waals surface area contributed by atoms with Crippen LogP contribution in [0.5, 0.6) is 5.75 Å². The van der Waals surface area contributed by atoms with Crippen LogP contribution in [0, 0.1) is 21.7 Å². The predicted molar refractivity (Wildman–Crippen MR) is 107 cm³/mol. The lowest BCUT2D eigenvalue weighted by Gasteiger charge is -2.11. The van der Waals surface area contributed by atoms with E-state index in [1.165, 1.54) is 12.1 Å². The Hall–Kier alpha value is -3.81. The maximum atomic E-state index is 13.7. The van der Waals surface area contributed by atoms with E-state index in [1.54, 1.807) is 18.2 Å². The van der Waals surface area contributed by atoms with Crippen molar-refractivity contribution in [2.45, 2.75) is 19.4 Å². The lowest BCUT2D eigenvalue weighted by atomic mass is 10.0. The quantitative estimate of drug-likeness (QED) is 0.338. The molecule has 30 heavy (non-hydrogen) atoms. The number of nitro benzene ring substituents is 1. The summed E-state index contributed by atoms with van der Waals surface area (Å²) in [6, 6.07) is 15.0. The fourth-order valence-corrected chi connectivity index (χ4v) is 3.16. The van der Waals surface area contributed by atoms with Crippen LogP contribution in [0.15, 0.2) is 60.7 Å². The van der Waals surface area contributed by atoms with Crippen LogP contribution in [0.1, 0.15) is 29.8 Å². The van der Waals surface area contributed by atoms with E-state index in [0.29, 0.717) is 17.1 Å². The number of aromatic nitrogens is 2. The van der Waals surface area contributed by atoms with Gasteiger partial charge in [-0.1, -0.05) is 19.1 Å². The molecule has 0 aliphatic heterocycles. The minimum Gasteiger partial charge on any atom is -0.489 e. The molecule has 1 unspecified atom stereocenters. The van der Waals surface area contributed by atoms with E-state index < -0.39 is 16.6 Å². The van der Waals surface area contributed by atoms with Crippen molar-refractivity contribution in [3.8, 4) is 5.75 Å². The second-order valence-electron chi connectivity index (χ2n) is 6.90. The molecule has 0 bridgehead atoms. The van der Waals surface area contributed by atoms with Gasteiger partial charge < -0.3 is 9.72 Å². The zero-order valence-corrected chi connectivity index (χ0v) is 15.9. The number of nitro groups is 1. The van der Waals surface area contributed by atoms with E-state index in [4.69, 9.17) is 4.74 Å². The summed E-state index contributed by atoms with van der Waals surface area (Å²) < 4.78 is 32.5. The molecule has 0 aliphatic carbocycles. The van der Waals surface area contributed by atoms with Crippen LogP contribution in [0.25, 0.3) is 11.0 Å². The van der Waals surface area contributed by atoms with Crippen LogP contribution < -0.4 is 4.74 Å². The van der Waals surface area contributed by atoms with Crippen molar-refractivity contribution < 1.29 is 18.4 Å². The van der Waals surface area contributed by atoms with E-state index in [0.717, 1.165) is 29.3 Å². The van der Waals surface area contributed by atoms with Crippen LogP contribution >= 0.6 is 0 Å². The summed E-state index contributed by atoms with van der Waals surface area (Å²) in [6.45, 7) is 1.88. The highest BCUT2D eigenvalue weighted by Gasteiger charge is 2.15. The average Bonchev–Trinajstić information content (AvgIpc) is 3.17. The second kappa shape index (κ2) is 7.90. The zero-order valence-electron chi connectivity index (χ0n) is 15.9. The first-order valence-electron chi connectivity index (χ1n) is 9.21. The molecular formula is C22H17F2N3O3. The molecule has 1 atom stereocenters. The average molecular weight is 409 g/mol. The lowest BCUT2D eigenvalue weighted by molar-refractivity contribution is -0.384. The van der Waals surface area contributed by atoms with E-state index in [9.17, 15) is 18.9 Å². The van der Waals surface area contributed by atoms with Gasteiger partial charge in [0.05, 0.1) is 16.0 Å². The normalized spacial score (nSPS) is 12.1. The van der Waals surface area contributed by atoms with Gasteiger partial charge in [-0.15, -0.1) is 0 Å². The highest BCUT2D eigenvalue weighted by molar-refractivity contribution is 5.78. The van der Waals surface area contributed by atoms with Crippen LogP contribution in [0.2, 0.25) is 0 Å². The summed E-state index contributed by atoms with van der Waals surface area (Å²) >= 11 is 0. The number of non-ortho nitro benzene ring substituents is 1. The van der Waals surface area contributed by atoms with Crippen molar-refractivity contribution in [3.05, 3.63) is 99.4 Å². The molecule has 0 amide bonds. The Morgan fingerprint density at radius 1 is 1.10 bits per heavy atom. The smallest absolute Gasteiger partial charge is 0.271 e. The van der Waals surface area contributed by atoms with Gasteiger partial charge in [0.15, 0.2) is 0 Å². The SMILES string of the molecule is CC(c1ccc(OCc2cc(F)ccc2F)cc1)c1nc2cc([N+](=O)[O-])ccc2[nH]1. The van der Waals surface area contributed by atoms with Crippen molar-refractivity contribution in [1.82, 2.24) is 9.97 Å². The summed E-state index contributed by atoms with van der Waals surface area (Å²) in [5, 5.41) is 10.9. The van der Waals surface area contributed by atoms with E-state index >= 15 is 0 Å². The number of H-pyrrole nitrogens is 1. The Morgan fingerprint density at radius 2 is 1.87 bits per heavy atom. The van der Waals surface area contributed by atoms with Gasteiger partial charge in [-0.2, -0.15) is 0 Å². The molecule has 3 aromatic carbocycles. The highest BCUT2D eigenvalue weighted by atomic mass is 19.1. The molecule has 1 N–H and O–H groups in total. The van der Waals surface area contributed by atoms with Crippen LogP contribution in [0.3, 0.4) is 0 Å². The first-order chi connectivity index (χ1) is 14.4. The number of ether oxygens (including phenoxy) is 1. The third kappa shape index (κ3) is 3.98. The van der Waals surface area contributed by atoms with Gasteiger partial charge in [0.25, 0.3) is 5.69 Å². The molecule has 0 saturated carbocycles. The first kappa shape index (κ1) is 19.5. The monoisotopic (exact) mass is 409 g/mol. The molecule has 4 aromatic rings. The summed E-state index contributed by atoms with van der Waals surface area (Å²) in [6.07, 6.45) is 0. The number of fused-ring (bicyclic) bond motifs is 1. The predicted octanol–water partition coefficient (Wildman–Crippen LogP) is 5.48.